The van der Waals surface area contributed by atoms with Crippen molar-refractivity contribution in [1.29, 1.82) is 0 Å². The first-order valence-corrected chi connectivity index (χ1v) is 5.73. The Labute approximate surface area is 102 Å². The average molecular weight is 236 g/mol. The summed E-state index contributed by atoms with van der Waals surface area (Å²) in [5.41, 5.74) is 8.61. The van der Waals surface area contributed by atoms with Gasteiger partial charge in [0.2, 0.25) is 0 Å². The van der Waals surface area contributed by atoms with Crippen molar-refractivity contribution in [1.82, 2.24) is 4.98 Å². The van der Waals surface area contributed by atoms with Crippen LogP contribution in [0.2, 0.25) is 0 Å². The van der Waals surface area contributed by atoms with E-state index in [2.05, 4.69) is 22.0 Å². The van der Waals surface area contributed by atoms with Crippen LogP contribution in [0.15, 0.2) is 17.3 Å². The molecule has 0 aliphatic heterocycles. The Morgan fingerprint density at radius 1 is 1.41 bits per heavy atom. The quantitative estimate of drug-likeness (QED) is 0.353. The van der Waals surface area contributed by atoms with E-state index in [-0.39, 0.29) is 5.84 Å². The molecule has 5 heteroatoms. The molecule has 0 atom stereocenters. The standard InChI is InChI=1S/C12H20N4O/c1-4-16(6-5-12(13)15-17)11-7-9(2)14-10(3)8-11/h7-8,17H,4-6H2,1-3H3,(H2,13,15). The number of oxime groups is 1. The fourth-order valence-corrected chi connectivity index (χ4v) is 1.76. The minimum Gasteiger partial charge on any atom is -0.409 e. The van der Waals surface area contributed by atoms with E-state index in [0.717, 1.165) is 30.2 Å². The minimum atomic E-state index is 0.256. The Bertz CT molecular complexity index is 383. The van der Waals surface area contributed by atoms with Gasteiger partial charge in [-0.25, -0.2) is 0 Å². The van der Waals surface area contributed by atoms with Crippen molar-refractivity contribution in [3.8, 4) is 0 Å². The van der Waals surface area contributed by atoms with E-state index in [4.69, 9.17) is 10.9 Å². The lowest BCUT2D eigenvalue weighted by Gasteiger charge is -2.23. The third kappa shape index (κ3) is 3.94. The monoisotopic (exact) mass is 236 g/mol. The van der Waals surface area contributed by atoms with Gasteiger partial charge in [-0.05, 0) is 32.9 Å². The van der Waals surface area contributed by atoms with Crippen LogP contribution in [0.4, 0.5) is 5.69 Å². The summed E-state index contributed by atoms with van der Waals surface area (Å²) in [6.07, 6.45) is 0.546. The van der Waals surface area contributed by atoms with Crippen LogP contribution < -0.4 is 10.6 Å². The second-order valence-corrected chi connectivity index (χ2v) is 4.03. The zero-order valence-corrected chi connectivity index (χ0v) is 10.6. The van der Waals surface area contributed by atoms with Gasteiger partial charge in [0, 0.05) is 36.6 Å². The Morgan fingerprint density at radius 2 is 2.00 bits per heavy atom. The molecule has 0 saturated heterocycles. The van der Waals surface area contributed by atoms with E-state index in [1.165, 1.54) is 0 Å². The third-order valence-electron chi connectivity index (χ3n) is 2.58. The Balaban J connectivity index is 2.79. The van der Waals surface area contributed by atoms with E-state index in [9.17, 15) is 0 Å². The molecule has 1 heterocycles. The molecule has 0 bridgehead atoms. The maximum Gasteiger partial charge on any atom is 0.140 e. The SMILES string of the molecule is CCN(CC/C(N)=N/O)c1cc(C)nc(C)c1. The number of amidine groups is 1. The Morgan fingerprint density at radius 3 is 2.47 bits per heavy atom. The molecule has 0 aromatic carbocycles. The fraction of sp³-hybridized carbons (Fsp3) is 0.500. The first-order chi connectivity index (χ1) is 8.06. The van der Waals surface area contributed by atoms with Gasteiger partial charge in [-0.3, -0.25) is 4.98 Å². The maximum absolute atomic E-state index is 8.51. The summed E-state index contributed by atoms with van der Waals surface area (Å²) in [4.78, 5) is 6.53. The van der Waals surface area contributed by atoms with E-state index >= 15 is 0 Å². The second-order valence-electron chi connectivity index (χ2n) is 4.03. The number of anilines is 1. The molecule has 1 rings (SSSR count). The summed E-state index contributed by atoms with van der Waals surface area (Å²) < 4.78 is 0. The Hall–Kier alpha value is -1.78. The molecule has 5 nitrogen and oxygen atoms in total. The van der Waals surface area contributed by atoms with Crippen LogP contribution in [0.3, 0.4) is 0 Å². The van der Waals surface area contributed by atoms with Gasteiger partial charge in [-0.15, -0.1) is 0 Å². The van der Waals surface area contributed by atoms with E-state index < -0.39 is 0 Å². The van der Waals surface area contributed by atoms with Gasteiger partial charge >= 0.3 is 0 Å². The van der Waals surface area contributed by atoms with Gasteiger partial charge < -0.3 is 15.8 Å². The average Bonchev–Trinajstić information content (AvgIpc) is 2.28. The van der Waals surface area contributed by atoms with Gasteiger partial charge in [-0.1, -0.05) is 5.16 Å². The van der Waals surface area contributed by atoms with E-state index in [0.29, 0.717) is 6.42 Å². The highest BCUT2D eigenvalue weighted by atomic mass is 16.4. The number of aromatic nitrogens is 1. The molecular weight excluding hydrogens is 216 g/mol. The smallest absolute Gasteiger partial charge is 0.140 e. The van der Waals surface area contributed by atoms with Crippen molar-refractivity contribution in [2.75, 3.05) is 18.0 Å². The molecular formula is C12H20N4O. The van der Waals surface area contributed by atoms with E-state index in [1.54, 1.807) is 0 Å². The normalized spacial score (nSPS) is 11.6. The lowest BCUT2D eigenvalue weighted by Crippen LogP contribution is -2.28. The highest BCUT2D eigenvalue weighted by molar-refractivity contribution is 5.80. The van der Waals surface area contributed by atoms with Crippen LogP contribution in [0, 0.1) is 13.8 Å². The van der Waals surface area contributed by atoms with Crippen molar-refractivity contribution >= 4 is 11.5 Å². The van der Waals surface area contributed by atoms with Crippen molar-refractivity contribution in [2.24, 2.45) is 10.9 Å². The number of hydrogen-bond donors (Lipinski definition) is 2. The second kappa shape index (κ2) is 6.08. The highest BCUT2D eigenvalue weighted by Gasteiger charge is 2.07. The van der Waals surface area contributed by atoms with Crippen LogP contribution in [-0.4, -0.2) is 29.1 Å². The predicted octanol–water partition coefficient (Wildman–Crippen LogP) is 1.66. The third-order valence-corrected chi connectivity index (χ3v) is 2.58. The Kier molecular flexibility index (Phi) is 4.75. The largest absolute Gasteiger partial charge is 0.409 e. The number of hydrogen-bond acceptors (Lipinski definition) is 4. The molecule has 0 spiro atoms. The molecule has 17 heavy (non-hydrogen) atoms. The van der Waals surface area contributed by atoms with Crippen molar-refractivity contribution in [2.45, 2.75) is 27.2 Å². The number of nitrogens with zero attached hydrogens (tertiary/aromatic N) is 3. The fourth-order valence-electron chi connectivity index (χ4n) is 1.76. The lowest BCUT2D eigenvalue weighted by molar-refractivity contribution is 0.317. The predicted molar refractivity (Wildman–Crippen MR) is 69.6 cm³/mol. The first kappa shape index (κ1) is 13.3. The molecule has 1 aromatic rings. The summed E-state index contributed by atoms with van der Waals surface area (Å²) >= 11 is 0. The zero-order valence-electron chi connectivity index (χ0n) is 10.6. The zero-order chi connectivity index (χ0) is 12.8. The summed E-state index contributed by atoms with van der Waals surface area (Å²) in [6.45, 7) is 7.65. The van der Waals surface area contributed by atoms with Gasteiger partial charge in [0.15, 0.2) is 0 Å². The van der Waals surface area contributed by atoms with Crippen LogP contribution in [0.5, 0.6) is 0 Å². The van der Waals surface area contributed by atoms with Crippen LogP contribution in [0.25, 0.3) is 0 Å². The first-order valence-electron chi connectivity index (χ1n) is 5.73. The molecule has 0 aliphatic rings. The topological polar surface area (TPSA) is 74.7 Å². The van der Waals surface area contributed by atoms with E-state index in [1.807, 2.05) is 26.0 Å². The molecule has 0 aliphatic carbocycles. The molecule has 3 N–H and O–H groups in total. The minimum absolute atomic E-state index is 0.256. The summed E-state index contributed by atoms with van der Waals surface area (Å²) in [5.74, 6) is 0.256. The molecule has 94 valence electrons. The van der Waals surface area contributed by atoms with Gasteiger partial charge in [0.25, 0.3) is 0 Å². The van der Waals surface area contributed by atoms with Crippen LogP contribution in [0.1, 0.15) is 24.7 Å². The maximum atomic E-state index is 8.51. The summed E-state index contributed by atoms with van der Waals surface area (Å²) in [5, 5.41) is 11.5. The molecule has 0 amide bonds. The van der Waals surface area contributed by atoms with Gasteiger partial charge in [0.1, 0.15) is 5.84 Å². The van der Waals surface area contributed by atoms with Gasteiger partial charge in [0.05, 0.1) is 0 Å². The highest BCUT2D eigenvalue weighted by Crippen LogP contribution is 2.16. The molecule has 0 fully saturated rings. The number of aryl methyl sites for hydroxylation is 2. The molecule has 0 radical (unpaired) electrons. The summed E-state index contributed by atoms with van der Waals surface area (Å²) in [7, 11) is 0. The van der Waals surface area contributed by atoms with Crippen molar-refractivity contribution < 1.29 is 5.21 Å². The number of rotatable bonds is 5. The summed E-state index contributed by atoms with van der Waals surface area (Å²) in [6, 6.07) is 4.09. The van der Waals surface area contributed by atoms with Crippen molar-refractivity contribution in [3.05, 3.63) is 23.5 Å². The number of nitrogens with two attached hydrogens (primary N) is 1. The van der Waals surface area contributed by atoms with Gasteiger partial charge in [-0.2, -0.15) is 0 Å². The van der Waals surface area contributed by atoms with Crippen molar-refractivity contribution in [3.63, 3.8) is 0 Å². The van der Waals surface area contributed by atoms with Crippen LogP contribution in [-0.2, 0) is 0 Å². The molecule has 0 saturated carbocycles. The lowest BCUT2D eigenvalue weighted by atomic mass is 10.2. The molecule has 0 unspecified atom stereocenters. The van der Waals surface area contributed by atoms with Crippen LogP contribution >= 0.6 is 0 Å². The molecule has 1 aromatic heterocycles. The number of pyridine rings is 1.